The molecular formula is C15H14BrFNOY-. The van der Waals surface area contributed by atoms with E-state index in [1.807, 2.05) is 11.8 Å². The van der Waals surface area contributed by atoms with E-state index >= 15 is 0 Å². The molecule has 0 aliphatic carbocycles. The number of methoxy groups -OCH3 is 1. The van der Waals surface area contributed by atoms with Gasteiger partial charge in [0.15, 0.2) is 0 Å². The fraction of sp³-hybridized carbons (Fsp3) is 0.200. The van der Waals surface area contributed by atoms with Crippen LogP contribution in [0.2, 0.25) is 0 Å². The number of hydrogen-bond acceptors (Lipinski definition) is 2. The van der Waals surface area contributed by atoms with E-state index in [1.165, 1.54) is 13.2 Å². The summed E-state index contributed by atoms with van der Waals surface area (Å²) >= 11 is 3.41. The van der Waals surface area contributed by atoms with Crippen molar-refractivity contribution in [2.75, 3.05) is 13.7 Å². The normalized spacial score (nSPS) is 14.4. The fourth-order valence-corrected chi connectivity index (χ4v) is 2.27. The van der Waals surface area contributed by atoms with Crippen LogP contribution in [-0.2, 0) is 32.7 Å². The molecule has 1 radical (unpaired) electrons. The molecule has 1 aromatic rings. The first-order valence-electron chi connectivity index (χ1n) is 5.88. The molecule has 1 heterocycles. The molecule has 5 heteroatoms. The van der Waals surface area contributed by atoms with Gasteiger partial charge >= 0.3 is 0 Å². The van der Waals surface area contributed by atoms with E-state index < -0.39 is 0 Å². The Labute approximate surface area is 152 Å². The Balaban J connectivity index is 0.00000200. The van der Waals surface area contributed by atoms with Crippen LogP contribution in [0, 0.1) is 11.9 Å². The van der Waals surface area contributed by atoms with E-state index in [0.29, 0.717) is 23.6 Å². The number of rotatable bonds is 3. The van der Waals surface area contributed by atoms with Crippen molar-refractivity contribution in [1.29, 1.82) is 0 Å². The third-order valence-electron chi connectivity index (χ3n) is 2.95. The van der Waals surface area contributed by atoms with E-state index in [2.05, 4.69) is 28.6 Å². The van der Waals surface area contributed by atoms with Crippen LogP contribution in [0.5, 0.6) is 5.75 Å². The van der Waals surface area contributed by atoms with E-state index in [9.17, 15) is 4.39 Å². The first-order chi connectivity index (χ1) is 9.08. The quantitative estimate of drug-likeness (QED) is 0.694. The van der Waals surface area contributed by atoms with Gasteiger partial charge < -0.3 is 9.64 Å². The summed E-state index contributed by atoms with van der Waals surface area (Å²) in [4.78, 5) is 1.91. The van der Waals surface area contributed by atoms with Crippen LogP contribution < -0.4 is 4.74 Å². The average Bonchev–Trinajstić information content (AvgIpc) is 2.42. The van der Waals surface area contributed by atoms with Gasteiger partial charge in [0.25, 0.3) is 0 Å². The summed E-state index contributed by atoms with van der Waals surface area (Å²) in [5.74, 6) is 0.163. The summed E-state index contributed by atoms with van der Waals surface area (Å²) in [5, 5.41) is 0. The Morgan fingerprint density at radius 3 is 2.70 bits per heavy atom. The van der Waals surface area contributed by atoms with Gasteiger partial charge in [-0.25, -0.2) is 4.39 Å². The molecule has 2 rings (SSSR count). The van der Waals surface area contributed by atoms with Crippen molar-refractivity contribution < 1.29 is 41.8 Å². The van der Waals surface area contributed by atoms with Crippen molar-refractivity contribution in [1.82, 2.24) is 4.90 Å². The molecule has 1 aliphatic heterocycles. The smallest absolute Gasteiger partial charge is 0.119 e. The number of benzene rings is 1. The van der Waals surface area contributed by atoms with E-state index in [4.69, 9.17) is 4.74 Å². The van der Waals surface area contributed by atoms with Crippen molar-refractivity contribution >= 4 is 21.6 Å². The van der Waals surface area contributed by atoms with Crippen molar-refractivity contribution in [3.05, 3.63) is 58.5 Å². The second-order valence-corrected chi connectivity index (χ2v) is 4.88. The van der Waals surface area contributed by atoms with E-state index in [-0.39, 0.29) is 38.5 Å². The Morgan fingerprint density at radius 2 is 2.15 bits per heavy atom. The molecule has 0 aromatic heterocycles. The standard InChI is InChI=1S/C15H14BrFNO.Y/c1-4-18-10(2)13(16)7-8-15(18)12-6-5-11(19-3)9-14(12)17;/h5-7,9H,2,4H2,1,3H3;/q-1;. The maximum absolute atomic E-state index is 14.1. The zero-order valence-electron chi connectivity index (χ0n) is 11.4. The van der Waals surface area contributed by atoms with Crippen molar-refractivity contribution in [3.63, 3.8) is 0 Å². The minimum absolute atomic E-state index is 0. The molecule has 2 nitrogen and oxygen atoms in total. The van der Waals surface area contributed by atoms with Crippen molar-refractivity contribution in [3.8, 4) is 5.75 Å². The molecule has 0 spiro atoms. The Bertz CT molecular complexity index is 583. The van der Waals surface area contributed by atoms with Gasteiger partial charge in [-0.3, -0.25) is 0 Å². The van der Waals surface area contributed by atoms with Gasteiger partial charge in [0.1, 0.15) is 5.75 Å². The summed E-state index contributed by atoms with van der Waals surface area (Å²) in [5.41, 5.74) is 1.96. The van der Waals surface area contributed by atoms with E-state index in [0.717, 1.165) is 10.2 Å². The zero-order chi connectivity index (χ0) is 14.0. The van der Waals surface area contributed by atoms with Crippen LogP contribution in [0.3, 0.4) is 0 Å². The molecule has 0 amide bonds. The fourth-order valence-electron chi connectivity index (χ4n) is 1.94. The number of hydrogen-bond donors (Lipinski definition) is 0. The molecule has 103 valence electrons. The summed E-state index contributed by atoms with van der Waals surface area (Å²) in [7, 11) is 1.51. The molecule has 0 bridgehead atoms. The van der Waals surface area contributed by atoms with Gasteiger partial charge in [-0.05, 0) is 18.7 Å². The predicted octanol–water partition coefficient (Wildman–Crippen LogP) is 4.10. The largest absolute Gasteiger partial charge is 0.497 e. The second-order valence-electron chi connectivity index (χ2n) is 4.02. The van der Waals surface area contributed by atoms with Gasteiger partial charge in [-0.2, -0.15) is 12.2 Å². The number of likely N-dealkylation sites (N-methyl/N-ethyl adjacent to an activating group) is 1. The molecule has 0 saturated heterocycles. The summed E-state index contributed by atoms with van der Waals surface area (Å²) in [6, 6.07) is 4.80. The monoisotopic (exact) mass is 411 g/mol. The van der Waals surface area contributed by atoms with Gasteiger partial charge in [-0.15, -0.1) is 22.0 Å². The molecule has 1 aliphatic rings. The first kappa shape index (κ1) is 17.6. The van der Waals surface area contributed by atoms with Crippen LogP contribution >= 0.6 is 15.9 Å². The van der Waals surface area contributed by atoms with Crippen LogP contribution in [-0.4, -0.2) is 18.6 Å². The predicted molar refractivity (Wildman–Crippen MR) is 78.1 cm³/mol. The van der Waals surface area contributed by atoms with Crippen molar-refractivity contribution in [2.45, 2.75) is 6.92 Å². The van der Waals surface area contributed by atoms with E-state index in [1.54, 1.807) is 18.2 Å². The van der Waals surface area contributed by atoms with Crippen LogP contribution in [0.15, 0.2) is 41.0 Å². The summed E-state index contributed by atoms with van der Waals surface area (Å²) < 4.78 is 20.0. The van der Waals surface area contributed by atoms with Gasteiger partial charge in [0, 0.05) is 45.3 Å². The molecule has 0 saturated carbocycles. The second kappa shape index (κ2) is 7.53. The SMILES string of the molecule is C=C1C(Br)=C[C-]=C(c2ccc(OC)cc2F)N1CC.[Y]. The minimum atomic E-state index is -0.334. The average molecular weight is 412 g/mol. The Kier molecular flexibility index (Phi) is 6.63. The molecular weight excluding hydrogens is 398 g/mol. The van der Waals surface area contributed by atoms with Gasteiger partial charge in [-0.1, -0.05) is 22.3 Å². The molecule has 0 unspecified atom stereocenters. The Morgan fingerprint density at radius 1 is 1.45 bits per heavy atom. The van der Waals surface area contributed by atoms with Crippen molar-refractivity contribution in [2.24, 2.45) is 0 Å². The maximum atomic E-state index is 14.1. The first-order valence-corrected chi connectivity index (χ1v) is 6.67. The number of halogens is 2. The summed E-state index contributed by atoms with van der Waals surface area (Å²) in [6.45, 7) is 6.67. The summed E-state index contributed by atoms with van der Waals surface area (Å²) in [6.07, 6.45) is 4.84. The molecule has 0 fully saturated rings. The maximum Gasteiger partial charge on any atom is 0.119 e. The van der Waals surface area contributed by atoms with Crippen LogP contribution in [0.4, 0.5) is 4.39 Å². The van der Waals surface area contributed by atoms with Crippen LogP contribution in [0.25, 0.3) is 5.70 Å². The van der Waals surface area contributed by atoms with Crippen LogP contribution in [0.1, 0.15) is 12.5 Å². The molecule has 0 atom stereocenters. The van der Waals surface area contributed by atoms with Gasteiger partial charge in [0.05, 0.1) is 12.9 Å². The molecule has 0 N–H and O–H groups in total. The third kappa shape index (κ3) is 3.41. The molecule has 1 aromatic carbocycles. The molecule has 20 heavy (non-hydrogen) atoms. The number of nitrogens with zero attached hydrogens (tertiary/aromatic N) is 1. The third-order valence-corrected chi connectivity index (χ3v) is 3.64. The van der Waals surface area contributed by atoms with Gasteiger partial charge in [0.2, 0.25) is 0 Å². The zero-order valence-corrected chi connectivity index (χ0v) is 15.8. The number of ether oxygens (including phenoxy) is 1. The minimum Gasteiger partial charge on any atom is -0.497 e. The Hall–Kier alpha value is -0.446. The topological polar surface area (TPSA) is 12.5 Å². The number of allylic oxidation sites excluding steroid dienone is 3.